The molecule has 120 valence electrons. The highest BCUT2D eigenvalue weighted by Crippen LogP contribution is 2.29. The molecule has 0 aliphatic heterocycles. The first kappa shape index (κ1) is 16.0. The molecular formula is C18H13ClFN3O. The van der Waals surface area contributed by atoms with Crippen LogP contribution in [0.25, 0.3) is 10.9 Å². The van der Waals surface area contributed by atoms with E-state index in [1.165, 1.54) is 19.4 Å². The summed E-state index contributed by atoms with van der Waals surface area (Å²) in [6, 6.07) is 12.1. The Morgan fingerprint density at radius 2 is 2.12 bits per heavy atom. The standard InChI is InChI=1S/C18H13ClFN3O/c1-24-17-5-2-11(6-15(17)20)9-23-18-12(8-21)10-22-16-4-3-13(19)7-14(16)18/h2-7,10H,9H2,1H3,(H,22,23). The number of aromatic nitrogens is 1. The maximum atomic E-state index is 13.8. The predicted octanol–water partition coefficient (Wildman–Crippen LogP) is 4.52. The molecule has 1 heterocycles. The van der Waals surface area contributed by atoms with Crippen LogP contribution in [0.5, 0.6) is 5.75 Å². The van der Waals surface area contributed by atoms with Gasteiger partial charge >= 0.3 is 0 Å². The minimum absolute atomic E-state index is 0.192. The van der Waals surface area contributed by atoms with Gasteiger partial charge in [0.2, 0.25) is 0 Å². The molecule has 0 aliphatic rings. The normalized spacial score (nSPS) is 10.4. The van der Waals surface area contributed by atoms with E-state index in [-0.39, 0.29) is 5.75 Å². The Labute approximate surface area is 143 Å². The summed E-state index contributed by atoms with van der Waals surface area (Å²) in [6.45, 7) is 0.348. The van der Waals surface area contributed by atoms with Gasteiger partial charge in [-0.15, -0.1) is 0 Å². The van der Waals surface area contributed by atoms with Crippen LogP contribution in [0.3, 0.4) is 0 Å². The summed E-state index contributed by atoms with van der Waals surface area (Å²) < 4.78 is 18.7. The van der Waals surface area contributed by atoms with Gasteiger partial charge in [0.15, 0.2) is 11.6 Å². The fourth-order valence-corrected chi connectivity index (χ4v) is 2.62. The highest BCUT2D eigenvalue weighted by molar-refractivity contribution is 6.31. The zero-order valence-electron chi connectivity index (χ0n) is 12.8. The first-order valence-electron chi connectivity index (χ1n) is 7.17. The Morgan fingerprint density at radius 1 is 1.29 bits per heavy atom. The van der Waals surface area contributed by atoms with Crippen LogP contribution >= 0.6 is 11.6 Å². The fraction of sp³-hybridized carbons (Fsp3) is 0.111. The van der Waals surface area contributed by atoms with Crippen LogP contribution in [-0.4, -0.2) is 12.1 Å². The molecular weight excluding hydrogens is 329 g/mol. The van der Waals surface area contributed by atoms with Gasteiger partial charge in [0, 0.05) is 23.2 Å². The molecule has 1 N–H and O–H groups in total. The Morgan fingerprint density at radius 3 is 2.83 bits per heavy atom. The highest BCUT2D eigenvalue weighted by Gasteiger charge is 2.10. The van der Waals surface area contributed by atoms with Gasteiger partial charge in [-0.2, -0.15) is 5.26 Å². The van der Waals surface area contributed by atoms with E-state index in [0.29, 0.717) is 22.8 Å². The van der Waals surface area contributed by atoms with Crippen molar-refractivity contribution in [1.82, 2.24) is 4.98 Å². The summed E-state index contributed by atoms with van der Waals surface area (Å²) in [4.78, 5) is 4.25. The first-order chi connectivity index (χ1) is 11.6. The number of rotatable bonds is 4. The minimum Gasteiger partial charge on any atom is -0.494 e. The van der Waals surface area contributed by atoms with Gasteiger partial charge in [-0.3, -0.25) is 4.98 Å². The summed E-state index contributed by atoms with van der Waals surface area (Å²) in [5, 5.41) is 13.8. The molecule has 24 heavy (non-hydrogen) atoms. The Hall–Kier alpha value is -2.84. The van der Waals surface area contributed by atoms with Crippen molar-refractivity contribution in [3.63, 3.8) is 0 Å². The van der Waals surface area contributed by atoms with E-state index in [2.05, 4.69) is 16.4 Å². The lowest BCUT2D eigenvalue weighted by molar-refractivity contribution is 0.386. The van der Waals surface area contributed by atoms with E-state index in [1.807, 2.05) is 0 Å². The number of hydrogen-bond acceptors (Lipinski definition) is 4. The number of ether oxygens (including phenoxy) is 1. The maximum absolute atomic E-state index is 13.8. The number of hydrogen-bond donors (Lipinski definition) is 1. The van der Waals surface area contributed by atoms with Crippen molar-refractivity contribution in [1.29, 1.82) is 5.26 Å². The van der Waals surface area contributed by atoms with E-state index >= 15 is 0 Å². The molecule has 0 bridgehead atoms. The summed E-state index contributed by atoms with van der Waals surface area (Å²) in [5.74, 6) is -0.238. The first-order valence-corrected chi connectivity index (χ1v) is 7.55. The molecule has 0 unspecified atom stereocenters. The lowest BCUT2D eigenvalue weighted by Crippen LogP contribution is -2.03. The summed E-state index contributed by atoms with van der Waals surface area (Å²) in [7, 11) is 1.42. The average molecular weight is 342 g/mol. The Bertz CT molecular complexity index is 953. The minimum atomic E-state index is -0.431. The lowest BCUT2D eigenvalue weighted by Gasteiger charge is -2.12. The van der Waals surface area contributed by atoms with Gasteiger partial charge in [0.25, 0.3) is 0 Å². The quantitative estimate of drug-likeness (QED) is 0.758. The van der Waals surface area contributed by atoms with Crippen LogP contribution in [0, 0.1) is 17.1 Å². The van der Waals surface area contributed by atoms with Gasteiger partial charge in [0.1, 0.15) is 6.07 Å². The largest absolute Gasteiger partial charge is 0.494 e. The average Bonchev–Trinajstić information content (AvgIpc) is 2.59. The van der Waals surface area contributed by atoms with Crippen LogP contribution < -0.4 is 10.1 Å². The highest BCUT2D eigenvalue weighted by atomic mass is 35.5. The van der Waals surface area contributed by atoms with Crippen molar-refractivity contribution in [2.45, 2.75) is 6.54 Å². The number of halogens is 2. The predicted molar refractivity (Wildman–Crippen MR) is 91.7 cm³/mol. The fourth-order valence-electron chi connectivity index (χ4n) is 2.45. The van der Waals surface area contributed by atoms with Crippen molar-refractivity contribution in [2.24, 2.45) is 0 Å². The molecule has 0 saturated heterocycles. The van der Waals surface area contributed by atoms with E-state index in [0.717, 1.165) is 16.5 Å². The molecule has 0 radical (unpaired) electrons. The van der Waals surface area contributed by atoms with Crippen LogP contribution in [0.15, 0.2) is 42.6 Å². The summed E-state index contributed by atoms with van der Waals surface area (Å²) >= 11 is 6.06. The lowest BCUT2D eigenvalue weighted by atomic mass is 10.1. The Balaban J connectivity index is 1.96. The molecule has 0 atom stereocenters. The van der Waals surface area contributed by atoms with E-state index < -0.39 is 5.82 Å². The van der Waals surface area contributed by atoms with E-state index in [4.69, 9.17) is 16.3 Å². The zero-order chi connectivity index (χ0) is 17.1. The third-order valence-electron chi connectivity index (χ3n) is 3.64. The smallest absolute Gasteiger partial charge is 0.165 e. The molecule has 0 spiro atoms. The van der Waals surface area contributed by atoms with Crippen molar-refractivity contribution in [3.05, 3.63) is 64.6 Å². The second kappa shape index (κ2) is 6.73. The van der Waals surface area contributed by atoms with Crippen molar-refractivity contribution in [2.75, 3.05) is 12.4 Å². The van der Waals surface area contributed by atoms with Gasteiger partial charge in [-0.05, 0) is 35.9 Å². The number of nitriles is 1. The number of fused-ring (bicyclic) bond motifs is 1. The van der Waals surface area contributed by atoms with Crippen molar-refractivity contribution >= 4 is 28.2 Å². The van der Waals surface area contributed by atoms with Gasteiger partial charge in [-0.25, -0.2) is 4.39 Å². The summed E-state index contributed by atoms with van der Waals surface area (Å²) in [5.41, 5.74) is 2.48. The number of pyridine rings is 1. The van der Waals surface area contributed by atoms with Gasteiger partial charge in [-0.1, -0.05) is 17.7 Å². The van der Waals surface area contributed by atoms with Crippen LogP contribution in [0.1, 0.15) is 11.1 Å². The zero-order valence-corrected chi connectivity index (χ0v) is 13.6. The maximum Gasteiger partial charge on any atom is 0.165 e. The number of nitrogens with one attached hydrogen (secondary N) is 1. The molecule has 0 saturated carbocycles. The SMILES string of the molecule is COc1ccc(CNc2c(C#N)cnc3ccc(Cl)cc23)cc1F. The summed E-state index contributed by atoms with van der Waals surface area (Å²) in [6.07, 6.45) is 1.51. The molecule has 0 fully saturated rings. The molecule has 0 amide bonds. The Kier molecular flexibility index (Phi) is 4.50. The number of nitrogens with zero attached hydrogens (tertiary/aromatic N) is 2. The second-order valence-corrected chi connectivity index (χ2v) is 5.58. The van der Waals surface area contributed by atoms with Crippen LogP contribution in [0.4, 0.5) is 10.1 Å². The molecule has 4 nitrogen and oxygen atoms in total. The van der Waals surface area contributed by atoms with E-state index in [1.54, 1.807) is 30.3 Å². The third kappa shape index (κ3) is 3.10. The molecule has 2 aromatic carbocycles. The van der Waals surface area contributed by atoms with Gasteiger partial charge < -0.3 is 10.1 Å². The monoisotopic (exact) mass is 341 g/mol. The number of methoxy groups -OCH3 is 1. The topological polar surface area (TPSA) is 57.9 Å². The number of anilines is 1. The van der Waals surface area contributed by atoms with Crippen molar-refractivity contribution in [3.8, 4) is 11.8 Å². The van der Waals surface area contributed by atoms with Gasteiger partial charge in [0.05, 0.1) is 23.9 Å². The molecule has 3 rings (SSSR count). The number of benzene rings is 2. The molecule has 1 aromatic heterocycles. The van der Waals surface area contributed by atoms with Crippen molar-refractivity contribution < 1.29 is 9.13 Å². The molecule has 3 aromatic rings. The van der Waals surface area contributed by atoms with E-state index in [9.17, 15) is 9.65 Å². The van der Waals surface area contributed by atoms with Crippen LogP contribution in [-0.2, 0) is 6.54 Å². The molecule has 0 aliphatic carbocycles. The third-order valence-corrected chi connectivity index (χ3v) is 3.87. The van der Waals surface area contributed by atoms with Crippen LogP contribution in [0.2, 0.25) is 5.02 Å². The molecule has 6 heteroatoms. The second-order valence-electron chi connectivity index (χ2n) is 5.14.